The molecule has 1 saturated heterocycles. The fraction of sp³-hybridized carbons (Fsp3) is 0.643. The molecule has 106 valence electrons. The van der Waals surface area contributed by atoms with Gasteiger partial charge in [0.2, 0.25) is 5.76 Å². The Morgan fingerprint density at radius 2 is 2.16 bits per heavy atom. The maximum absolute atomic E-state index is 10.9. The summed E-state index contributed by atoms with van der Waals surface area (Å²) in [7, 11) is 4.25. The Kier molecular flexibility index (Phi) is 4.27. The van der Waals surface area contributed by atoms with Gasteiger partial charge < -0.3 is 14.4 Å². The molecule has 1 aromatic heterocycles. The third-order valence-electron chi connectivity index (χ3n) is 3.96. The smallest absolute Gasteiger partial charge is 0.371 e. The molecule has 5 heteroatoms. The molecular weight excluding hydrogens is 244 g/mol. The molecule has 0 bridgehead atoms. The summed E-state index contributed by atoms with van der Waals surface area (Å²) in [5.74, 6) is -0.266. The van der Waals surface area contributed by atoms with Crippen molar-refractivity contribution in [1.29, 1.82) is 0 Å². The van der Waals surface area contributed by atoms with Crippen LogP contribution >= 0.6 is 0 Å². The number of likely N-dealkylation sites (tertiary alicyclic amines) is 1. The molecule has 0 amide bonds. The first-order chi connectivity index (χ1) is 8.97. The molecule has 0 radical (unpaired) electrons. The third kappa shape index (κ3) is 3.36. The van der Waals surface area contributed by atoms with Gasteiger partial charge >= 0.3 is 5.97 Å². The van der Waals surface area contributed by atoms with E-state index in [1.165, 1.54) is 0 Å². The van der Waals surface area contributed by atoms with Crippen LogP contribution in [0, 0.1) is 6.92 Å². The van der Waals surface area contributed by atoms with E-state index in [0.717, 1.165) is 38.0 Å². The van der Waals surface area contributed by atoms with Gasteiger partial charge in [-0.3, -0.25) is 4.90 Å². The van der Waals surface area contributed by atoms with Crippen molar-refractivity contribution in [2.24, 2.45) is 0 Å². The quantitative estimate of drug-likeness (QED) is 0.900. The summed E-state index contributed by atoms with van der Waals surface area (Å²) in [5.41, 5.74) is 0.971. The van der Waals surface area contributed by atoms with Crippen molar-refractivity contribution in [3.63, 3.8) is 0 Å². The standard InChI is InChI=1S/C14H22N2O3/c1-10-11(8-13(19-10)14(17)18)9-16(3)12-4-6-15(2)7-5-12/h8,12H,4-7,9H2,1-3H3,(H,17,18). The van der Waals surface area contributed by atoms with Crippen LogP contribution < -0.4 is 0 Å². The third-order valence-corrected chi connectivity index (χ3v) is 3.96. The summed E-state index contributed by atoms with van der Waals surface area (Å²) in [5, 5.41) is 8.92. The Balaban J connectivity index is 1.98. The van der Waals surface area contributed by atoms with Gasteiger partial charge in [0.1, 0.15) is 5.76 Å². The first kappa shape index (κ1) is 14.1. The molecule has 0 spiro atoms. The number of carbonyl (C=O) groups is 1. The van der Waals surface area contributed by atoms with E-state index in [1.807, 2.05) is 6.92 Å². The second-order valence-corrected chi connectivity index (χ2v) is 5.45. The molecule has 5 nitrogen and oxygen atoms in total. The molecule has 1 N–H and O–H groups in total. The minimum atomic E-state index is -1.00. The summed E-state index contributed by atoms with van der Waals surface area (Å²) in [6, 6.07) is 2.21. The van der Waals surface area contributed by atoms with Crippen LogP contribution in [0.3, 0.4) is 0 Å². The topological polar surface area (TPSA) is 56.9 Å². The average molecular weight is 266 g/mol. The SMILES string of the molecule is Cc1oc(C(=O)O)cc1CN(C)C1CCN(C)CC1. The molecule has 0 aromatic carbocycles. The van der Waals surface area contributed by atoms with Gasteiger partial charge in [-0.1, -0.05) is 0 Å². The highest BCUT2D eigenvalue weighted by Gasteiger charge is 2.22. The molecule has 0 atom stereocenters. The van der Waals surface area contributed by atoms with Crippen LogP contribution in [-0.2, 0) is 6.54 Å². The van der Waals surface area contributed by atoms with Crippen LogP contribution in [0.15, 0.2) is 10.5 Å². The van der Waals surface area contributed by atoms with Crippen molar-refractivity contribution in [1.82, 2.24) is 9.80 Å². The van der Waals surface area contributed by atoms with Crippen LogP contribution in [0.5, 0.6) is 0 Å². The van der Waals surface area contributed by atoms with Crippen molar-refractivity contribution in [3.05, 3.63) is 23.2 Å². The highest BCUT2D eigenvalue weighted by molar-refractivity contribution is 5.84. The van der Waals surface area contributed by atoms with Gasteiger partial charge in [0, 0.05) is 18.2 Å². The molecule has 0 aliphatic carbocycles. The Hall–Kier alpha value is -1.33. The molecule has 1 aliphatic heterocycles. The molecule has 1 aromatic rings. The van der Waals surface area contributed by atoms with E-state index in [9.17, 15) is 4.79 Å². The normalized spacial score (nSPS) is 18.1. The number of carboxylic acid groups (broad SMARTS) is 1. The lowest BCUT2D eigenvalue weighted by atomic mass is 10.0. The first-order valence-electron chi connectivity index (χ1n) is 6.68. The van der Waals surface area contributed by atoms with Crippen LogP contribution in [-0.4, -0.2) is 54.1 Å². The van der Waals surface area contributed by atoms with Gasteiger partial charge in [-0.2, -0.15) is 0 Å². The van der Waals surface area contributed by atoms with E-state index >= 15 is 0 Å². The van der Waals surface area contributed by atoms with Gasteiger partial charge in [-0.25, -0.2) is 4.79 Å². The van der Waals surface area contributed by atoms with Crippen molar-refractivity contribution >= 4 is 5.97 Å². The number of aryl methyl sites for hydroxylation is 1. The number of furan rings is 1. The van der Waals surface area contributed by atoms with Gasteiger partial charge in [0.15, 0.2) is 0 Å². The number of rotatable bonds is 4. The van der Waals surface area contributed by atoms with Crippen LogP contribution in [0.25, 0.3) is 0 Å². The zero-order valence-electron chi connectivity index (χ0n) is 11.8. The summed E-state index contributed by atoms with van der Waals surface area (Å²) in [6.07, 6.45) is 2.32. The number of hydrogen-bond donors (Lipinski definition) is 1. The predicted octanol–water partition coefficient (Wildman–Crippen LogP) is 1.81. The van der Waals surface area contributed by atoms with Crippen LogP contribution in [0.2, 0.25) is 0 Å². The van der Waals surface area contributed by atoms with E-state index < -0.39 is 5.97 Å². The number of hydrogen-bond acceptors (Lipinski definition) is 4. The highest BCUT2D eigenvalue weighted by atomic mass is 16.4. The van der Waals surface area contributed by atoms with Crippen molar-refractivity contribution in [2.75, 3.05) is 27.2 Å². The van der Waals surface area contributed by atoms with E-state index in [2.05, 4.69) is 23.9 Å². The van der Waals surface area contributed by atoms with Crippen molar-refractivity contribution in [2.45, 2.75) is 32.4 Å². The largest absolute Gasteiger partial charge is 0.475 e. The van der Waals surface area contributed by atoms with Crippen molar-refractivity contribution < 1.29 is 14.3 Å². The summed E-state index contributed by atoms with van der Waals surface area (Å²) < 4.78 is 5.25. The Labute approximate surface area is 113 Å². The second-order valence-electron chi connectivity index (χ2n) is 5.45. The van der Waals surface area contributed by atoms with E-state index in [-0.39, 0.29) is 5.76 Å². The molecule has 0 saturated carbocycles. The van der Waals surface area contributed by atoms with Crippen molar-refractivity contribution in [3.8, 4) is 0 Å². The first-order valence-corrected chi connectivity index (χ1v) is 6.68. The van der Waals surface area contributed by atoms with E-state index in [1.54, 1.807) is 6.07 Å². The minimum Gasteiger partial charge on any atom is -0.475 e. The maximum atomic E-state index is 10.9. The summed E-state index contributed by atoms with van der Waals surface area (Å²) >= 11 is 0. The monoisotopic (exact) mass is 266 g/mol. The van der Waals surface area contributed by atoms with E-state index in [4.69, 9.17) is 9.52 Å². The molecule has 1 aliphatic rings. The number of nitrogens with zero attached hydrogens (tertiary/aromatic N) is 2. The molecule has 2 rings (SSSR count). The minimum absolute atomic E-state index is 0.0317. The maximum Gasteiger partial charge on any atom is 0.371 e. The molecule has 19 heavy (non-hydrogen) atoms. The highest BCUT2D eigenvalue weighted by Crippen LogP contribution is 2.20. The predicted molar refractivity (Wildman–Crippen MR) is 72.4 cm³/mol. The van der Waals surface area contributed by atoms with Crippen LogP contribution in [0.4, 0.5) is 0 Å². The van der Waals surface area contributed by atoms with Gasteiger partial charge in [0.05, 0.1) is 0 Å². The number of piperidine rings is 1. The number of carboxylic acids is 1. The summed E-state index contributed by atoms with van der Waals surface area (Å²) in [4.78, 5) is 15.5. The lowest BCUT2D eigenvalue weighted by molar-refractivity contribution is 0.0661. The average Bonchev–Trinajstić information content (AvgIpc) is 2.72. The summed E-state index contributed by atoms with van der Waals surface area (Å²) in [6.45, 7) is 4.82. The Morgan fingerprint density at radius 1 is 1.53 bits per heavy atom. The van der Waals surface area contributed by atoms with Gasteiger partial charge in [-0.05, 0) is 53.0 Å². The fourth-order valence-electron chi connectivity index (χ4n) is 2.62. The lowest BCUT2D eigenvalue weighted by Crippen LogP contribution is -2.41. The second kappa shape index (κ2) is 5.75. The lowest BCUT2D eigenvalue weighted by Gasteiger charge is -2.35. The van der Waals surface area contributed by atoms with Gasteiger partial charge in [-0.15, -0.1) is 0 Å². The Morgan fingerprint density at radius 3 is 2.68 bits per heavy atom. The molecular formula is C14H22N2O3. The van der Waals surface area contributed by atoms with Crippen LogP contribution in [0.1, 0.15) is 34.7 Å². The molecule has 1 fully saturated rings. The zero-order chi connectivity index (χ0) is 14.0. The number of aromatic carboxylic acids is 1. The molecule has 2 heterocycles. The van der Waals surface area contributed by atoms with E-state index in [0.29, 0.717) is 11.8 Å². The van der Waals surface area contributed by atoms with Gasteiger partial charge in [0.25, 0.3) is 0 Å². The fourth-order valence-corrected chi connectivity index (χ4v) is 2.62. The Bertz CT molecular complexity index is 448. The molecule has 0 unspecified atom stereocenters. The zero-order valence-corrected chi connectivity index (χ0v) is 11.8.